The summed E-state index contributed by atoms with van der Waals surface area (Å²) in [6, 6.07) is 3.46. The summed E-state index contributed by atoms with van der Waals surface area (Å²) >= 11 is 11.5. The molecular weight excluding hydrogens is 446 g/mol. The van der Waals surface area contributed by atoms with Gasteiger partial charge in [0.05, 0.1) is 33.8 Å². The minimum absolute atomic E-state index is 0.0802. The van der Waals surface area contributed by atoms with E-state index in [2.05, 4.69) is 25.8 Å². The van der Waals surface area contributed by atoms with Crippen molar-refractivity contribution in [2.45, 2.75) is 19.5 Å². The van der Waals surface area contributed by atoms with Gasteiger partial charge in [-0.2, -0.15) is 5.10 Å². The van der Waals surface area contributed by atoms with Crippen LogP contribution in [0.2, 0.25) is 5.02 Å². The summed E-state index contributed by atoms with van der Waals surface area (Å²) in [5.41, 5.74) is 2.20. The maximum Gasteiger partial charge on any atom is 0.231 e. The maximum absolute atomic E-state index is 15.1. The van der Waals surface area contributed by atoms with Gasteiger partial charge in [-0.15, -0.1) is 0 Å². The number of benzene rings is 1. The second kappa shape index (κ2) is 7.24. The lowest BCUT2D eigenvalue weighted by Crippen LogP contribution is -2.15. The van der Waals surface area contributed by atoms with Gasteiger partial charge in [-0.25, -0.2) is 13.8 Å². The molecule has 0 radical (unpaired) electrons. The van der Waals surface area contributed by atoms with Crippen molar-refractivity contribution in [1.82, 2.24) is 19.6 Å². The minimum Gasteiger partial charge on any atom is -0.346 e. The van der Waals surface area contributed by atoms with Gasteiger partial charge in [0.2, 0.25) is 5.91 Å². The van der Waals surface area contributed by atoms with Gasteiger partial charge >= 0.3 is 0 Å². The Morgan fingerprint density at radius 1 is 1.35 bits per heavy atom. The normalized spacial score (nSPS) is 17.8. The van der Waals surface area contributed by atoms with Gasteiger partial charge in [0, 0.05) is 22.7 Å². The molecule has 5 rings (SSSR count). The number of amides is 1. The number of fused-ring (bicyclic) bond motifs is 2. The molecule has 7 nitrogen and oxygen atoms in total. The summed E-state index contributed by atoms with van der Waals surface area (Å²) in [7, 11) is 0. The van der Waals surface area contributed by atoms with Gasteiger partial charge in [-0.05, 0) is 25.5 Å². The third-order valence-corrected chi connectivity index (χ3v) is 5.59. The lowest BCUT2D eigenvalue weighted by molar-refractivity contribution is -0.117. The van der Waals surface area contributed by atoms with Crippen LogP contribution in [0, 0.1) is 11.7 Å². The van der Waals surface area contributed by atoms with Gasteiger partial charge in [-0.1, -0.05) is 23.8 Å². The van der Waals surface area contributed by atoms with Gasteiger partial charge in [0.1, 0.15) is 17.5 Å². The number of rotatable bonds is 4. The molecule has 0 saturated heterocycles. The summed E-state index contributed by atoms with van der Waals surface area (Å²) in [5, 5.41) is 12.8. The van der Waals surface area contributed by atoms with Crippen LogP contribution in [0.25, 0.3) is 27.7 Å². The summed E-state index contributed by atoms with van der Waals surface area (Å²) in [5.74, 6) is -1.34. The first-order valence-corrected chi connectivity index (χ1v) is 10.2. The van der Waals surface area contributed by atoms with Gasteiger partial charge < -0.3 is 15.0 Å². The average Bonchev–Trinajstić information content (AvgIpc) is 3.11. The Hall–Kier alpha value is -3.11. The number of nitrogens with zero attached hydrogens (tertiary/aromatic N) is 3. The fourth-order valence-electron chi connectivity index (χ4n) is 3.54. The van der Waals surface area contributed by atoms with Crippen molar-refractivity contribution in [3.8, 4) is 11.1 Å². The molecule has 3 heterocycles. The van der Waals surface area contributed by atoms with E-state index in [-0.39, 0.29) is 17.1 Å². The molecule has 1 aliphatic rings. The number of carbonyl (C=O) groups is 1. The van der Waals surface area contributed by atoms with Crippen molar-refractivity contribution in [2.24, 2.45) is 5.92 Å². The SMILES string of the molecule is CC(=S)Nc1c(F)c(Cl)c(-c2ccc3nc(NC(=O)[C@@H]4C[C@@H]4F)cn3c2)c2cn[nH]c12. The van der Waals surface area contributed by atoms with Crippen LogP contribution >= 0.6 is 23.8 Å². The monoisotopic (exact) mass is 460 g/mol. The highest BCUT2D eigenvalue weighted by atomic mass is 35.5. The molecule has 158 valence electrons. The van der Waals surface area contributed by atoms with Crippen molar-refractivity contribution >= 4 is 62.8 Å². The molecule has 0 aliphatic heterocycles. The topological polar surface area (TPSA) is 87.1 Å². The number of aromatic nitrogens is 4. The lowest BCUT2D eigenvalue weighted by Gasteiger charge is -2.13. The van der Waals surface area contributed by atoms with Gasteiger partial charge in [0.25, 0.3) is 0 Å². The number of thiocarbonyl (C=S) groups is 1. The highest BCUT2D eigenvalue weighted by Gasteiger charge is 2.43. The van der Waals surface area contributed by atoms with Crippen LogP contribution < -0.4 is 10.6 Å². The van der Waals surface area contributed by atoms with Crippen LogP contribution in [0.15, 0.2) is 30.7 Å². The van der Waals surface area contributed by atoms with Crippen molar-refractivity contribution in [2.75, 3.05) is 10.6 Å². The van der Waals surface area contributed by atoms with Crippen molar-refractivity contribution in [1.29, 1.82) is 0 Å². The Bertz CT molecular complexity index is 1380. The zero-order valence-corrected chi connectivity index (χ0v) is 17.6. The van der Waals surface area contributed by atoms with Crippen LogP contribution in [0.1, 0.15) is 13.3 Å². The first kappa shape index (κ1) is 19.8. The number of imidazole rings is 1. The van der Waals surface area contributed by atoms with E-state index in [0.29, 0.717) is 38.5 Å². The average molecular weight is 461 g/mol. The van der Waals surface area contributed by atoms with Gasteiger partial charge in [0.15, 0.2) is 11.6 Å². The molecule has 2 atom stereocenters. The first-order chi connectivity index (χ1) is 14.8. The number of carbonyl (C=O) groups excluding carboxylic acids is 1. The van der Waals surface area contributed by atoms with Crippen LogP contribution in [0.3, 0.4) is 0 Å². The second-order valence-corrected chi connectivity index (χ2v) is 8.36. The number of hydrogen-bond acceptors (Lipinski definition) is 4. The van der Waals surface area contributed by atoms with Crippen LogP contribution in [-0.2, 0) is 4.79 Å². The molecule has 1 saturated carbocycles. The molecule has 1 fully saturated rings. The van der Waals surface area contributed by atoms with Gasteiger partial charge in [-0.3, -0.25) is 9.89 Å². The van der Waals surface area contributed by atoms with Crippen molar-refractivity contribution in [3.63, 3.8) is 0 Å². The van der Waals surface area contributed by atoms with E-state index in [1.807, 2.05) is 0 Å². The lowest BCUT2D eigenvalue weighted by atomic mass is 10.0. The zero-order chi connectivity index (χ0) is 21.9. The summed E-state index contributed by atoms with van der Waals surface area (Å²) < 4.78 is 29.9. The third-order valence-electron chi connectivity index (χ3n) is 5.13. The molecule has 0 spiro atoms. The fraction of sp³-hybridized carbons (Fsp3) is 0.200. The van der Waals surface area contributed by atoms with E-state index in [4.69, 9.17) is 23.8 Å². The quantitative estimate of drug-likeness (QED) is 0.383. The third kappa shape index (κ3) is 3.41. The number of anilines is 2. The van der Waals surface area contributed by atoms with Crippen molar-refractivity contribution in [3.05, 3.63) is 41.6 Å². The predicted octanol–water partition coefficient (Wildman–Crippen LogP) is 4.73. The number of nitrogens with one attached hydrogen (secondary N) is 3. The Kier molecular flexibility index (Phi) is 4.63. The predicted molar refractivity (Wildman–Crippen MR) is 119 cm³/mol. The van der Waals surface area contributed by atoms with E-state index in [9.17, 15) is 9.18 Å². The molecule has 3 aromatic heterocycles. The Morgan fingerprint density at radius 2 is 2.13 bits per heavy atom. The molecule has 1 amide bonds. The number of alkyl halides is 1. The molecule has 1 aromatic carbocycles. The molecule has 0 unspecified atom stereocenters. The zero-order valence-electron chi connectivity index (χ0n) is 16.0. The summed E-state index contributed by atoms with van der Waals surface area (Å²) in [6.07, 6.45) is 4.04. The molecule has 31 heavy (non-hydrogen) atoms. The number of halogens is 3. The van der Waals surface area contributed by atoms with Crippen molar-refractivity contribution < 1.29 is 13.6 Å². The highest BCUT2D eigenvalue weighted by Crippen LogP contribution is 2.41. The van der Waals surface area contributed by atoms with Crippen LogP contribution in [0.5, 0.6) is 0 Å². The minimum atomic E-state index is -1.09. The number of pyridine rings is 1. The molecule has 0 bridgehead atoms. The molecule has 1 aliphatic carbocycles. The first-order valence-electron chi connectivity index (χ1n) is 9.39. The Balaban J connectivity index is 1.57. The van der Waals surface area contributed by atoms with E-state index in [0.717, 1.165) is 0 Å². The van der Waals surface area contributed by atoms with E-state index < -0.39 is 23.8 Å². The maximum atomic E-state index is 15.1. The standard InChI is InChI=1S/C20H15ClF2N6OS/c1-8(31)25-19-17(23)16(21)15(11-5-24-28-18(11)19)9-2-3-14-26-13(7-29(14)6-9)27-20(30)10-4-12(10)22/h2-3,5-7,10,12H,4H2,1H3,(H,24,28)(H,25,31)(H,27,30)/t10-,12+/m1/s1. The van der Waals surface area contributed by atoms with E-state index >= 15 is 4.39 Å². The van der Waals surface area contributed by atoms with E-state index in [1.165, 1.54) is 0 Å². The number of H-pyrrole nitrogens is 1. The molecule has 11 heteroatoms. The molecular formula is C20H15ClF2N6OS. The molecule has 4 aromatic rings. The summed E-state index contributed by atoms with van der Waals surface area (Å²) in [6.45, 7) is 1.64. The second-order valence-electron chi connectivity index (χ2n) is 7.37. The molecule has 3 N–H and O–H groups in total. The van der Waals surface area contributed by atoms with Crippen LogP contribution in [0.4, 0.5) is 20.3 Å². The largest absolute Gasteiger partial charge is 0.346 e. The van der Waals surface area contributed by atoms with E-state index in [1.54, 1.807) is 42.0 Å². The van der Waals surface area contributed by atoms with Crippen LogP contribution in [-0.4, -0.2) is 36.6 Å². The smallest absolute Gasteiger partial charge is 0.231 e. The fourth-order valence-corrected chi connectivity index (χ4v) is 3.95. The Morgan fingerprint density at radius 3 is 2.84 bits per heavy atom. The summed E-state index contributed by atoms with van der Waals surface area (Å²) in [4.78, 5) is 16.7. The number of aromatic amines is 1. The number of hydrogen-bond donors (Lipinski definition) is 3. The Labute approximate surface area is 184 Å². The highest BCUT2D eigenvalue weighted by molar-refractivity contribution is 7.80.